The number of hydrogen-bond donors (Lipinski definition) is 2. The van der Waals surface area contributed by atoms with Crippen molar-refractivity contribution in [1.82, 2.24) is 25.4 Å². The van der Waals surface area contributed by atoms with Crippen LogP contribution in [-0.4, -0.2) is 39.8 Å². The van der Waals surface area contributed by atoms with Gasteiger partial charge in [0.25, 0.3) is 5.91 Å². The number of nitrogens with one attached hydrogen (secondary N) is 2. The average molecular weight is 301 g/mol. The lowest BCUT2D eigenvalue weighted by molar-refractivity contribution is 0.0953. The van der Waals surface area contributed by atoms with Gasteiger partial charge in [-0.2, -0.15) is 5.10 Å². The third-order valence-electron chi connectivity index (χ3n) is 3.38. The third kappa shape index (κ3) is 4.66. The lowest BCUT2D eigenvalue weighted by Gasteiger charge is -2.15. The Hall–Kier alpha value is -2.21. The lowest BCUT2D eigenvalue weighted by Crippen LogP contribution is -2.38. The molecular formula is C16H23N5O. The number of hydrogen-bond acceptors (Lipinski definition) is 4. The minimum absolute atomic E-state index is 0.0962. The molecule has 0 aliphatic carbocycles. The van der Waals surface area contributed by atoms with Gasteiger partial charge >= 0.3 is 0 Å². The monoisotopic (exact) mass is 301 g/mol. The van der Waals surface area contributed by atoms with Crippen LogP contribution in [0, 0.1) is 13.8 Å². The van der Waals surface area contributed by atoms with E-state index in [4.69, 9.17) is 0 Å². The van der Waals surface area contributed by atoms with Crippen LogP contribution in [0.4, 0.5) is 0 Å². The van der Waals surface area contributed by atoms with Crippen molar-refractivity contribution >= 4 is 5.91 Å². The van der Waals surface area contributed by atoms with Crippen molar-refractivity contribution in [2.75, 3.05) is 13.1 Å². The zero-order chi connectivity index (χ0) is 15.9. The first kappa shape index (κ1) is 16.2. The van der Waals surface area contributed by atoms with Gasteiger partial charge in [0.05, 0.1) is 17.8 Å². The van der Waals surface area contributed by atoms with E-state index in [9.17, 15) is 4.79 Å². The van der Waals surface area contributed by atoms with Crippen LogP contribution in [0.2, 0.25) is 0 Å². The second-order valence-electron chi connectivity index (χ2n) is 5.46. The molecular weight excluding hydrogens is 278 g/mol. The maximum Gasteiger partial charge on any atom is 0.252 e. The molecule has 0 spiro atoms. The zero-order valence-electron chi connectivity index (χ0n) is 13.3. The van der Waals surface area contributed by atoms with Crippen LogP contribution < -0.4 is 10.6 Å². The Balaban J connectivity index is 1.68. The summed E-state index contributed by atoms with van der Waals surface area (Å²) in [4.78, 5) is 15.8. The molecule has 2 heterocycles. The highest BCUT2D eigenvalue weighted by Gasteiger charge is 2.07. The number of rotatable bonds is 7. The van der Waals surface area contributed by atoms with Gasteiger partial charge in [0.2, 0.25) is 0 Å². The molecule has 0 radical (unpaired) electrons. The highest BCUT2D eigenvalue weighted by atomic mass is 16.1. The Bertz CT molecular complexity index is 608. The van der Waals surface area contributed by atoms with E-state index >= 15 is 0 Å². The summed E-state index contributed by atoms with van der Waals surface area (Å²) in [6, 6.07) is 5.86. The second kappa shape index (κ2) is 7.70. The Morgan fingerprint density at radius 2 is 2.18 bits per heavy atom. The van der Waals surface area contributed by atoms with Crippen LogP contribution >= 0.6 is 0 Å². The molecule has 0 aromatic carbocycles. The summed E-state index contributed by atoms with van der Waals surface area (Å²) >= 11 is 0. The van der Waals surface area contributed by atoms with Crippen LogP contribution in [0.5, 0.6) is 0 Å². The van der Waals surface area contributed by atoms with Crippen molar-refractivity contribution in [1.29, 1.82) is 0 Å². The van der Waals surface area contributed by atoms with Crippen LogP contribution in [0.1, 0.15) is 28.7 Å². The molecule has 6 nitrogen and oxygen atoms in total. The normalized spacial score (nSPS) is 12.1. The van der Waals surface area contributed by atoms with Crippen LogP contribution in [0.25, 0.3) is 0 Å². The second-order valence-corrected chi connectivity index (χ2v) is 5.46. The fraction of sp³-hybridized carbons (Fsp3) is 0.438. The summed E-state index contributed by atoms with van der Waals surface area (Å²) in [6.45, 7) is 8.27. The number of aryl methyl sites for hydroxylation is 2. The van der Waals surface area contributed by atoms with Crippen molar-refractivity contribution in [3.8, 4) is 0 Å². The summed E-state index contributed by atoms with van der Waals surface area (Å²) in [7, 11) is 0. The Morgan fingerprint density at radius 3 is 2.82 bits per heavy atom. The molecule has 0 aliphatic heterocycles. The van der Waals surface area contributed by atoms with Gasteiger partial charge in [0.15, 0.2) is 0 Å². The molecule has 2 aromatic heterocycles. The van der Waals surface area contributed by atoms with Crippen molar-refractivity contribution in [2.24, 2.45) is 0 Å². The number of carbonyl (C=O) groups is 1. The summed E-state index contributed by atoms with van der Waals surface area (Å²) in [5.74, 6) is -0.0962. The van der Waals surface area contributed by atoms with Crippen LogP contribution in [0.15, 0.2) is 30.6 Å². The lowest BCUT2D eigenvalue weighted by atomic mass is 10.2. The van der Waals surface area contributed by atoms with Gasteiger partial charge in [-0.3, -0.25) is 14.5 Å². The SMILES string of the molecule is Cc1cc(C)n(CC(C)NCCNC(=O)c2cccnc2)n1. The molecule has 0 saturated carbocycles. The fourth-order valence-corrected chi connectivity index (χ4v) is 2.28. The summed E-state index contributed by atoms with van der Waals surface area (Å²) in [5.41, 5.74) is 2.78. The van der Waals surface area contributed by atoms with E-state index < -0.39 is 0 Å². The van der Waals surface area contributed by atoms with Crippen LogP contribution in [0.3, 0.4) is 0 Å². The van der Waals surface area contributed by atoms with Gasteiger partial charge in [0, 0.05) is 37.2 Å². The average Bonchev–Trinajstić information content (AvgIpc) is 2.82. The molecule has 1 unspecified atom stereocenters. The van der Waals surface area contributed by atoms with Crippen LogP contribution in [-0.2, 0) is 6.54 Å². The number of amides is 1. The maximum atomic E-state index is 11.8. The molecule has 0 saturated heterocycles. The molecule has 2 rings (SSSR count). The molecule has 1 amide bonds. The van der Waals surface area contributed by atoms with E-state index in [1.54, 1.807) is 24.5 Å². The topological polar surface area (TPSA) is 71.8 Å². The van der Waals surface area contributed by atoms with E-state index in [2.05, 4.69) is 40.6 Å². The third-order valence-corrected chi connectivity index (χ3v) is 3.38. The Kier molecular flexibility index (Phi) is 5.66. The smallest absolute Gasteiger partial charge is 0.252 e. The zero-order valence-corrected chi connectivity index (χ0v) is 13.3. The molecule has 0 fully saturated rings. The van der Waals surface area contributed by atoms with Crippen molar-refractivity contribution in [3.63, 3.8) is 0 Å². The molecule has 2 N–H and O–H groups in total. The van der Waals surface area contributed by atoms with E-state index in [-0.39, 0.29) is 11.9 Å². The van der Waals surface area contributed by atoms with E-state index in [1.807, 2.05) is 11.6 Å². The summed E-state index contributed by atoms with van der Waals surface area (Å²) in [6.07, 6.45) is 3.22. The first-order chi connectivity index (χ1) is 10.6. The van der Waals surface area contributed by atoms with E-state index in [1.165, 1.54) is 0 Å². The van der Waals surface area contributed by atoms with Gasteiger partial charge in [-0.25, -0.2) is 0 Å². The summed E-state index contributed by atoms with van der Waals surface area (Å²) < 4.78 is 2.00. The minimum atomic E-state index is -0.0962. The Labute approximate surface area is 130 Å². The highest BCUT2D eigenvalue weighted by molar-refractivity contribution is 5.93. The quantitative estimate of drug-likeness (QED) is 0.756. The largest absolute Gasteiger partial charge is 0.351 e. The molecule has 6 heteroatoms. The summed E-state index contributed by atoms with van der Waals surface area (Å²) in [5, 5.41) is 10.7. The maximum absolute atomic E-state index is 11.8. The Morgan fingerprint density at radius 1 is 1.36 bits per heavy atom. The van der Waals surface area contributed by atoms with Crippen molar-refractivity contribution in [3.05, 3.63) is 47.5 Å². The fourth-order valence-electron chi connectivity index (χ4n) is 2.28. The van der Waals surface area contributed by atoms with Gasteiger partial charge in [-0.05, 0) is 39.0 Å². The van der Waals surface area contributed by atoms with E-state index in [0.29, 0.717) is 18.7 Å². The molecule has 2 aromatic rings. The predicted octanol–water partition coefficient (Wildman–Crippen LogP) is 1.30. The molecule has 0 aliphatic rings. The van der Waals surface area contributed by atoms with Gasteiger partial charge < -0.3 is 10.6 Å². The molecule has 22 heavy (non-hydrogen) atoms. The number of nitrogens with zero attached hydrogens (tertiary/aromatic N) is 3. The molecule has 118 valence electrons. The number of carbonyl (C=O) groups excluding carboxylic acids is 1. The standard InChI is InChI=1S/C16H23N5O/c1-12-9-14(3)21(20-12)11-13(2)18-7-8-19-16(22)15-5-4-6-17-10-15/h4-6,9-10,13,18H,7-8,11H2,1-3H3,(H,19,22). The minimum Gasteiger partial charge on any atom is -0.351 e. The van der Waals surface area contributed by atoms with Gasteiger partial charge in [-0.15, -0.1) is 0 Å². The van der Waals surface area contributed by atoms with Crippen molar-refractivity contribution in [2.45, 2.75) is 33.4 Å². The predicted molar refractivity (Wildman–Crippen MR) is 85.7 cm³/mol. The number of aromatic nitrogens is 3. The van der Waals surface area contributed by atoms with Crippen molar-refractivity contribution < 1.29 is 4.79 Å². The van der Waals surface area contributed by atoms with Gasteiger partial charge in [-0.1, -0.05) is 0 Å². The van der Waals surface area contributed by atoms with E-state index in [0.717, 1.165) is 17.9 Å². The highest BCUT2D eigenvalue weighted by Crippen LogP contribution is 2.02. The number of pyridine rings is 1. The first-order valence-corrected chi connectivity index (χ1v) is 7.49. The molecule has 1 atom stereocenters. The first-order valence-electron chi connectivity index (χ1n) is 7.49. The molecule has 0 bridgehead atoms. The van der Waals surface area contributed by atoms with Gasteiger partial charge in [0.1, 0.15) is 0 Å².